The molecule has 0 aliphatic rings. The van der Waals surface area contributed by atoms with Gasteiger partial charge in [-0.15, -0.1) is 16.1 Å². The Labute approximate surface area is 126 Å². The van der Waals surface area contributed by atoms with Gasteiger partial charge in [0, 0.05) is 26.1 Å². The van der Waals surface area contributed by atoms with Gasteiger partial charge in [-0.3, -0.25) is 0 Å². The summed E-state index contributed by atoms with van der Waals surface area (Å²) < 4.78 is 16.4. The zero-order valence-electron chi connectivity index (χ0n) is 11.6. The number of hydrogen-bond donors (Lipinski definition) is 1. The second kappa shape index (κ2) is 6.75. The largest absolute Gasteiger partial charge is 0.598 e. The summed E-state index contributed by atoms with van der Waals surface area (Å²) in [4.78, 5) is 1.24. The molecule has 1 N–H and O–H groups in total. The minimum absolute atomic E-state index is 0.168. The number of nitrogens with one attached hydrogen (secondary N) is 1. The molecule has 0 aromatic carbocycles. The molecule has 0 spiro atoms. The van der Waals surface area contributed by atoms with Crippen LogP contribution in [0.15, 0.2) is 15.9 Å². The quantitative estimate of drug-likeness (QED) is 0.783. The van der Waals surface area contributed by atoms with Crippen LogP contribution in [0.2, 0.25) is 0 Å². The lowest BCUT2D eigenvalue weighted by atomic mass is 10.0. The van der Waals surface area contributed by atoms with E-state index in [-0.39, 0.29) is 10.8 Å². The van der Waals surface area contributed by atoms with Gasteiger partial charge in [-0.1, -0.05) is 13.8 Å². The average molecular weight is 352 g/mol. The highest BCUT2D eigenvalue weighted by Gasteiger charge is 2.30. The predicted molar refractivity (Wildman–Crippen MR) is 85.2 cm³/mol. The summed E-state index contributed by atoms with van der Waals surface area (Å²) in [5, 5.41) is 2.07. The molecule has 0 fully saturated rings. The van der Waals surface area contributed by atoms with Gasteiger partial charge in [0.1, 0.15) is 4.75 Å². The smallest absolute Gasteiger partial charge is 0.136 e. The minimum atomic E-state index is -1.03. The summed E-state index contributed by atoms with van der Waals surface area (Å²) in [5.41, 5.74) is 0. The molecule has 0 aliphatic heterocycles. The normalized spacial score (nSPS) is 16.0. The first-order valence-corrected chi connectivity index (χ1v) is 8.94. The number of thiophene rings is 1. The Hall–Kier alpha value is 0.450. The summed E-state index contributed by atoms with van der Waals surface area (Å²) in [6.07, 6.45) is 0.995. The minimum Gasteiger partial charge on any atom is -0.598 e. The standard InChI is InChI=1S/C13H22BrNOS2/c1-9(2)6-11(12-7-10(14)8-17-12)15-18(16)13(3,4)5/h7-9,11,15H,6H2,1-5H3. The van der Waals surface area contributed by atoms with Crippen molar-refractivity contribution in [2.75, 3.05) is 0 Å². The molecule has 2 nitrogen and oxygen atoms in total. The maximum Gasteiger partial charge on any atom is 0.136 e. The molecule has 0 saturated carbocycles. The molecule has 0 amide bonds. The zero-order valence-corrected chi connectivity index (χ0v) is 14.8. The van der Waals surface area contributed by atoms with Crippen molar-refractivity contribution in [3.8, 4) is 0 Å². The van der Waals surface area contributed by atoms with Crippen LogP contribution in [0.3, 0.4) is 0 Å². The van der Waals surface area contributed by atoms with Crippen LogP contribution in [0.5, 0.6) is 0 Å². The Morgan fingerprint density at radius 1 is 1.44 bits per heavy atom. The van der Waals surface area contributed by atoms with Crippen LogP contribution in [0, 0.1) is 5.92 Å². The van der Waals surface area contributed by atoms with Gasteiger partial charge in [-0.05, 0) is 55.1 Å². The van der Waals surface area contributed by atoms with E-state index in [1.165, 1.54) is 4.88 Å². The SMILES string of the molecule is CC(C)CC(N[S+]([O-])C(C)(C)C)c1cc(Br)cs1. The molecular formula is C13H22BrNOS2. The molecule has 0 bridgehead atoms. The van der Waals surface area contributed by atoms with Crippen LogP contribution in [0.1, 0.15) is 52.0 Å². The topological polar surface area (TPSA) is 35.1 Å². The van der Waals surface area contributed by atoms with Crippen molar-refractivity contribution in [2.45, 2.75) is 51.8 Å². The lowest BCUT2D eigenvalue weighted by molar-refractivity contribution is 0.466. The Morgan fingerprint density at radius 2 is 2.06 bits per heavy atom. The summed E-state index contributed by atoms with van der Waals surface area (Å²) >= 11 is 4.15. The van der Waals surface area contributed by atoms with Gasteiger partial charge in [0.15, 0.2) is 0 Å². The molecular weight excluding hydrogens is 330 g/mol. The maximum absolute atomic E-state index is 12.2. The van der Waals surface area contributed by atoms with Crippen LogP contribution in [0.4, 0.5) is 0 Å². The van der Waals surface area contributed by atoms with E-state index < -0.39 is 11.4 Å². The van der Waals surface area contributed by atoms with E-state index in [0.29, 0.717) is 5.92 Å². The van der Waals surface area contributed by atoms with Gasteiger partial charge >= 0.3 is 0 Å². The number of rotatable bonds is 5. The molecule has 0 saturated heterocycles. The molecule has 104 valence electrons. The fourth-order valence-corrected chi connectivity index (χ4v) is 3.93. The molecule has 1 heterocycles. The molecule has 2 atom stereocenters. The van der Waals surface area contributed by atoms with Crippen molar-refractivity contribution in [1.82, 2.24) is 4.72 Å². The first kappa shape index (κ1) is 16.5. The fraction of sp³-hybridized carbons (Fsp3) is 0.692. The van der Waals surface area contributed by atoms with E-state index in [4.69, 9.17) is 0 Å². The lowest BCUT2D eigenvalue weighted by Crippen LogP contribution is -2.41. The van der Waals surface area contributed by atoms with Crippen LogP contribution < -0.4 is 4.72 Å². The second-order valence-corrected chi connectivity index (χ2v) is 9.70. The van der Waals surface area contributed by atoms with Crippen molar-refractivity contribution in [1.29, 1.82) is 0 Å². The maximum atomic E-state index is 12.2. The summed E-state index contributed by atoms with van der Waals surface area (Å²) in [6.45, 7) is 10.4. The highest BCUT2D eigenvalue weighted by atomic mass is 79.9. The highest BCUT2D eigenvalue weighted by Crippen LogP contribution is 2.31. The average Bonchev–Trinajstić information content (AvgIpc) is 2.61. The van der Waals surface area contributed by atoms with Gasteiger partial charge in [-0.2, -0.15) is 0 Å². The van der Waals surface area contributed by atoms with Crippen LogP contribution in [0.25, 0.3) is 0 Å². The first-order chi connectivity index (χ1) is 8.20. The zero-order chi connectivity index (χ0) is 13.9. The highest BCUT2D eigenvalue weighted by molar-refractivity contribution is 9.10. The van der Waals surface area contributed by atoms with Crippen molar-refractivity contribution >= 4 is 38.6 Å². The molecule has 0 aliphatic carbocycles. The monoisotopic (exact) mass is 351 g/mol. The molecule has 0 radical (unpaired) electrons. The molecule has 2 unspecified atom stereocenters. The number of halogens is 1. The first-order valence-electron chi connectivity index (χ1n) is 6.12. The lowest BCUT2D eigenvalue weighted by Gasteiger charge is -2.28. The summed E-state index contributed by atoms with van der Waals surface area (Å²) in [6, 6.07) is 2.28. The van der Waals surface area contributed by atoms with Crippen molar-refractivity contribution < 1.29 is 4.55 Å². The second-order valence-electron chi connectivity index (χ2n) is 5.85. The van der Waals surface area contributed by atoms with Gasteiger partial charge in [0.25, 0.3) is 0 Å². The van der Waals surface area contributed by atoms with Crippen LogP contribution >= 0.6 is 27.3 Å². The Bertz CT molecular complexity index is 373. The Balaban J connectivity index is 2.79. The molecule has 18 heavy (non-hydrogen) atoms. The summed E-state index contributed by atoms with van der Waals surface area (Å²) in [7, 11) is 0. The van der Waals surface area contributed by atoms with E-state index in [2.05, 4.69) is 45.9 Å². The van der Waals surface area contributed by atoms with E-state index in [9.17, 15) is 4.55 Å². The van der Waals surface area contributed by atoms with E-state index >= 15 is 0 Å². The van der Waals surface area contributed by atoms with Crippen molar-refractivity contribution in [3.05, 3.63) is 20.8 Å². The van der Waals surface area contributed by atoms with Gasteiger partial charge in [-0.25, -0.2) is 0 Å². The van der Waals surface area contributed by atoms with Gasteiger partial charge in [0.2, 0.25) is 0 Å². The van der Waals surface area contributed by atoms with Gasteiger partial charge < -0.3 is 4.55 Å². The third-order valence-electron chi connectivity index (χ3n) is 2.44. The van der Waals surface area contributed by atoms with Crippen molar-refractivity contribution in [2.24, 2.45) is 5.92 Å². The Morgan fingerprint density at radius 3 is 2.44 bits per heavy atom. The van der Waals surface area contributed by atoms with Crippen LogP contribution in [-0.4, -0.2) is 9.30 Å². The Kier molecular flexibility index (Phi) is 6.19. The van der Waals surface area contributed by atoms with E-state index in [0.717, 1.165) is 10.9 Å². The third-order valence-corrected chi connectivity index (χ3v) is 5.86. The van der Waals surface area contributed by atoms with Gasteiger partial charge in [0.05, 0.1) is 6.04 Å². The van der Waals surface area contributed by atoms with Crippen molar-refractivity contribution in [3.63, 3.8) is 0 Å². The van der Waals surface area contributed by atoms with Crippen LogP contribution in [-0.2, 0) is 11.4 Å². The predicted octanol–water partition coefficient (Wildman–Crippen LogP) is 4.65. The molecule has 1 rings (SSSR count). The molecule has 1 aromatic rings. The molecule has 5 heteroatoms. The third kappa shape index (κ3) is 5.21. The molecule has 1 aromatic heterocycles. The fourth-order valence-electron chi connectivity index (χ4n) is 1.51. The number of hydrogen-bond acceptors (Lipinski definition) is 3. The van der Waals surface area contributed by atoms with E-state index in [1.54, 1.807) is 11.3 Å². The summed E-state index contributed by atoms with van der Waals surface area (Å²) in [5.74, 6) is 0.570. The van der Waals surface area contributed by atoms with E-state index in [1.807, 2.05) is 20.8 Å².